The summed E-state index contributed by atoms with van der Waals surface area (Å²) in [6.45, 7) is 4.76. The molecule has 29 heavy (non-hydrogen) atoms. The van der Waals surface area contributed by atoms with Crippen LogP contribution in [0.2, 0.25) is 0 Å². The van der Waals surface area contributed by atoms with Crippen molar-refractivity contribution in [3.63, 3.8) is 0 Å². The highest BCUT2D eigenvalue weighted by molar-refractivity contribution is 5.96. The Labute approximate surface area is 171 Å². The molecule has 1 amide bonds. The first-order chi connectivity index (χ1) is 13.8. The monoisotopic (exact) mass is 391 g/mol. The van der Waals surface area contributed by atoms with E-state index in [0.717, 1.165) is 22.3 Å². The number of carbonyl (C=O) groups excluding carboxylic acids is 1. The van der Waals surface area contributed by atoms with Gasteiger partial charge in [-0.05, 0) is 22.6 Å². The summed E-state index contributed by atoms with van der Waals surface area (Å²) in [5.41, 5.74) is 3.38. The van der Waals surface area contributed by atoms with Gasteiger partial charge in [-0.15, -0.1) is 0 Å². The van der Waals surface area contributed by atoms with Crippen LogP contribution in [-0.4, -0.2) is 40.4 Å². The van der Waals surface area contributed by atoms with Crippen LogP contribution >= 0.6 is 0 Å². The maximum atomic E-state index is 12.6. The molecule has 3 rings (SSSR count). The second kappa shape index (κ2) is 8.36. The second-order valence-electron chi connectivity index (χ2n) is 7.80. The lowest BCUT2D eigenvalue weighted by atomic mass is 9.78. The summed E-state index contributed by atoms with van der Waals surface area (Å²) in [4.78, 5) is 27.6. The molecule has 0 fully saturated rings. The van der Waals surface area contributed by atoms with Crippen molar-refractivity contribution < 1.29 is 14.7 Å². The molecule has 0 saturated heterocycles. The Morgan fingerprint density at radius 1 is 1.34 bits per heavy atom. The minimum absolute atomic E-state index is 0.0218. The fourth-order valence-electron chi connectivity index (χ4n) is 3.83. The van der Waals surface area contributed by atoms with Gasteiger partial charge in [0.1, 0.15) is 11.6 Å². The predicted octanol–water partition coefficient (Wildman–Crippen LogP) is 4.25. The van der Waals surface area contributed by atoms with Crippen LogP contribution in [0.15, 0.2) is 59.6 Å². The minimum Gasteiger partial charge on any atom is -0.465 e. The average molecular weight is 391 g/mol. The van der Waals surface area contributed by atoms with Crippen molar-refractivity contribution in [3.05, 3.63) is 65.1 Å². The first kappa shape index (κ1) is 20.4. The number of Topliss-reactive ketones (excluding diaryl/α,β-unsaturated/α-hetero) is 1. The van der Waals surface area contributed by atoms with Crippen LogP contribution in [0.5, 0.6) is 0 Å². The van der Waals surface area contributed by atoms with E-state index < -0.39 is 12.0 Å². The smallest absolute Gasteiger partial charge is 0.412 e. The Bertz CT molecular complexity index is 951. The van der Waals surface area contributed by atoms with Crippen LogP contribution in [0.25, 0.3) is 5.57 Å². The van der Waals surface area contributed by atoms with Crippen molar-refractivity contribution in [2.45, 2.75) is 26.7 Å². The number of amides is 1. The van der Waals surface area contributed by atoms with Gasteiger partial charge in [0.2, 0.25) is 0 Å². The van der Waals surface area contributed by atoms with Crippen LogP contribution in [-0.2, 0) is 4.79 Å². The first-order valence-corrected chi connectivity index (χ1v) is 9.69. The number of nitrogens with zero attached hydrogens (tertiary/aromatic N) is 3. The fourth-order valence-corrected chi connectivity index (χ4v) is 3.83. The van der Waals surface area contributed by atoms with Gasteiger partial charge in [-0.3, -0.25) is 9.69 Å². The molecule has 0 aromatic heterocycles. The van der Waals surface area contributed by atoms with Gasteiger partial charge >= 0.3 is 6.09 Å². The van der Waals surface area contributed by atoms with E-state index >= 15 is 0 Å². The highest BCUT2D eigenvalue weighted by Crippen LogP contribution is 2.43. The summed E-state index contributed by atoms with van der Waals surface area (Å²) in [7, 11) is 1.54. The van der Waals surface area contributed by atoms with Crippen LogP contribution in [0, 0.1) is 23.2 Å². The molecule has 1 atom stereocenters. The quantitative estimate of drug-likeness (QED) is 0.811. The van der Waals surface area contributed by atoms with Gasteiger partial charge in [0, 0.05) is 44.1 Å². The fraction of sp³-hybridized carbons (Fsp3) is 0.348. The Balaban J connectivity index is 2.28. The van der Waals surface area contributed by atoms with E-state index in [1.54, 1.807) is 0 Å². The zero-order chi connectivity index (χ0) is 21.1. The second-order valence-corrected chi connectivity index (χ2v) is 7.80. The van der Waals surface area contributed by atoms with Crippen molar-refractivity contribution >= 4 is 17.4 Å². The van der Waals surface area contributed by atoms with Crippen LogP contribution < -0.4 is 0 Å². The number of ketones is 1. The summed E-state index contributed by atoms with van der Waals surface area (Å²) >= 11 is 0. The lowest BCUT2D eigenvalue weighted by molar-refractivity contribution is -0.121. The number of hydrogen-bond acceptors (Lipinski definition) is 4. The van der Waals surface area contributed by atoms with E-state index in [2.05, 4.69) is 19.9 Å². The summed E-state index contributed by atoms with van der Waals surface area (Å²) in [5.74, 6) is 0.405. The van der Waals surface area contributed by atoms with E-state index in [9.17, 15) is 14.7 Å². The van der Waals surface area contributed by atoms with Crippen LogP contribution in [0.3, 0.4) is 0 Å². The van der Waals surface area contributed by atoms with Gasteiger partial charge in [0.25, 0.3) is 0 Å². The largest absolute Gasteiger partial charge is 0.465 e. The number of allylic oxidation sites excluding steroid dienone is 4. The Morgan fingerprint density at radius 2 is 2.03 bits per heavy atom. The predicted molar refractivity (Wildman–Crippen MR) is 110 cm³/mol. The molecule has 6 heteroatoms. The standard InChI is InChI=1S/C23H25N3O3/c1-15(2)13-26-14-18-12-20(27)17(9-10-24)11-19(18)21(16-7-5-4-6-8-16)22(26)25(3)23(28)29/h4-8,11,14-15,17H,9,12-13H2,1-3H3,(H,28,29). The molecule has 2 aliphatic rings. The lowest BCUT2D eigenvalue weighted by Gasteiger charge is -2.39. The molecular weight excluding hydrogens is 366 g/mol. The third-order valence-corrected chi connectivity index (χ3v) is 5.11. The molecule has 0 spiro atoms. The molecule has 1 aromatic carbocycles. The molecule has 0 bridgehead atoms. The van der Waals surface area contributed by atoms with Gasteiger partial charge < -0.3 is 10.0 Å². The van der Waals surface area contributed by atoms with Gasteiger partial charge in [0.15, 0.2) is 0 Å². The number of fused-ring (bicyclic) bond motifs is 1. The Hall–Kier alpha value is -3.33. The number of carboxylic acid groups (broad SMARTS) is 1. The zero-order valence-electron chi connectivity index (χ0n) is 16.9. The first-order valence-electron chi connectivity index (χ1n) is 9.69. The molecule has 1 unspecified atom stereocenters. The van der Waals surface area contributed by atoms with Gasteiger partial charge in [-0.25, -0.2) is 4.79 Å². The Morgan fingerprint density at radius 3 is 2.62 bits per heavy atom. The molecule has 1 heterocycles. The third kappa shape index (κ3) is 4.09. The number of carbonyl (C=O) groups is 2. The molecule has 0 saturated carbocycles. The van der Waals surface area contributed by atoms with Crippen molar-refractivity contribution in [1.82, 2.24) is 9.80 Å². The number of hydrogen-bond donors (Lipinski definition) is 1. The lowest BCUT2D eigenvalue weighted by Crippen LogP contribution is -2.39. The Kier molecular flexibility index (Phi) is 5.88. The van der Waals surface area contributed by atoms with Crippen LogP contribution in [0.1, 0.15) is 32.3 Å². The van der Waals surface area contributed by atoms with Crippen molar-refractivity contribution in [3.8, 4) is 6.07 Å². The molecule has 0 radical (unpaired) electrons. The van der Waals surface area contributed by atoms with Gasteiger partial charge in [-0.1, -0.05) is 50.3 Å². The maximum absolute atomic E-state index is 12.6. The minimum atomic E-state index is -1.06. The van der Waals surface area contributed by atoms with E-state index in [0.29, 0.717) is 12.4 Å². The molecular formula is C23H25N3O3. The third-order valence-electron chi connectivity index (χ3n) is 5.11. The van der Waals surface area contributed by atoms with Crippen molar-refractivity contribution in [2.24, 2.45) is 11.8 Å². The topological polar surface area (TPSA) is 84.6 Å². The molecule has 1 N–H and O–H groups in total. The highest BCUT2D eigenvalue weighted by atomic mass is 16.4. The summed E-state index contributed by atoms with van der Waals surface area (Å²) in [6, 6.07) is 11.7. The van der Waals surface area contributed by atoms with E-state index in [1.165, 1.54) is 11.9 Å². The highest BCUT2D eigenvalue weighted by Gasteiger charge is 2.35. The van der Waals surface area contributed by atoms with E-state index in [4.69, 9.17) is 5.26 Å². The number of benzene rings is 1. The summed E-state index contributed by atoms with van der Waals surface area (Å²) in [5, 5.41) is 18.9. The maximum Gasteiger partial charge on any atom is 0.412 e. The molecule has 1 aliphatic heterocycles. The zero-order valence-corrected chi connectivity index (χ0v) is 16.9. The van der Waals surface area contributed by atoms with Crippen molar-refractivity contribution in [2.75, 3.05) is 13.6 Å². The summed E-state index contributed by atoms with van der Waals surface area (Å²) in [6.07, 6.45) is 3.05. The van der Waals surface area contributed by atoms with Crippen LogP contribution in [0.4, 0.5) is 4.79 Å². The van der Waals surface area contributed by atoms with Gasteiger partial charge in [-0.2, -0.15) is 5.26 Å². The van der Waals surface area contributed by atoms with E-state index in [1.807, 2.05) is 47.5 Å². The molecule has 1 aliphatic carbocycles. The molecule has 150 valence electrons. The number of rotatable bonds is 5. The van der Waals surface area contributed by atoms with E-state index in [-0.39, 0.29) is 24.5 Å². The molecule has 1 aromatic rings. The SMILES string of the molecule is CC(C)CN1C=C2CC(=O)C(CC#N)C=C2C(c2ccccc2)=C1N(C)C(=O)O. The van der Waals surface area contributed by atoms with Crippen molar-refractivity contribution in [1.29, 1.82) is 5.26 Å². The summed E-state index contributed by atoms with van der Waals surface area (Å²) < 4.78 is 0. The number of nitriles is 1. The molecule has 6 nitrogen and oxygen atoms in total. The normalized spacial score (nSPS) is 18.8. The van der Waals surface area contributed by atoms with Gasteiger partial charge in [0.05, 0.1) is 6.07 Å². The average Bonchev–Trinajstić information content (AvgIpc) is 2.67.